The number of hydrogen-bond acceptors (Lipinski definition) is 6. The Labute approximate surface area is 140 Å². The van der Waals surface area contributed by atoms with E-state index >= 15 is 0 Å². The summed E-state index contributed by atoms with van der Waals surface area (Å²) in [7, 11) is -3.75. The van der Waals surface area contributed by atoms with Crippen molar-refractivity contribution >= 4 is 21.2 Å². The van der Waals surface area contributed by atoms with Gasteiger partial charge in [0.2, 0.25) is 0 Å². The molecule has 2 aromatic carbocycles. The fraction of sp³-hybridized carbons (Fsp3) is 0.250. The van der Waals surface area contributed by atoms with Gasteiger partial charge in [-0.2, -0.15) is 0 Å². The van der Waals surface area contributed by atoms with Gasteiger partial charge in [-0.05, 0) is 24.6 Å². The van der Waals surface area contributed by atoms with E-state index in [1.807, 2.05) is 6.07 Å². The predicted molar refractivity (Wildman–Crippen MR) is 90.7 cm³/mol. The summed E-state index contributed by atoms with van der Waals surface area (Å²) in [6.07, 6.45) is 0.916. The van der Waals surface area contributed by atoms with Gasteiger partial charge in [0.1, 0.15) is 16.2 Å². The Balaban J connectivity index is 2.36. The van der Waals surface area contributed by atoms with Crippen molar-refractivity contribution in [1.29, 1.82) is 0 Å². The first-order chi connectivity index (χ1) is 11.1. The van der Waals surface area contributed by atoms with Crippen LogP contribution in [0.5, 0.6) is 0 Å². The van der Waals surface area contributed by atoms with Gasteiger partial charge >= 0.3 is 5.69 Å². The minimum Gasteiger partial charge on any atom is -0.384 e. The highest BCUT2D eigenvalue weighted by Crippen LogP contribution is 2.33. The summed E-state index contributed by atoms with van der Waals surface area (Å²) >= 11 is 0. The summed E-state index contributed by atoms with van der Waals surface area (Å²) in [4.78, 5) is 10.2. The van der Waals surface area contributed by atoms with E-state index in [0.29, 0.717) is 5.56 Å². The first-order valence-electron chi connectivity index (χ1n) is 7.12. The number of nitrogens with one attached hydrogen (secondary N) is 1. The Kier molecular flexibility index (Phi) is 4.91. The highest BCUT2D eigenvalue weighted by Gasteiger charge is 2.28. The number of anilines is 1. The van der Waals surface area contributed by atoms with Crippen LogP contribution in [0.1, 0.15) is 12.5 Å². The van der Waals surface area contributed by atoms with E-state index in [-0.39, 0.29) is 17.1 Å². The Morgan fingerprint density at radius 2 is 1.79 bits per heavy atom. The van der Waals surface area contributed by atoms with E-state index < -0.39 is 26.0 Å². The lowest BCUT2D eigenvalue weighted by atomic mass is 9.96. The molecule has 24 heavy (non-hydrogen) atoms. The third-order valence-corrected chi connectivity index (χ3v) is 4.73. The molecule has 0 fully saturated rings. The van der Waals surface area contributed by atoms with Crippen LogP contribution in [0.15, 0.2) is 53.4 Å². The second-order valence-corrected chi connectivity index (χ2v) is 7.66. The summed E-state index contributed by atoms with van der Waals surface area (Å²) in [5.74, 6) is 0. The fourth-order valence-corrected chi connectivity index (χ4v) is 3.18. The van der Waals surface area contributed by atoms with Crippen LogP contribution in [0.2, 0.25) is 0 Å². The number of hydrogen-bond donors (Lipinski definition) is 2. The zero-order valence-electron chi connectivity index (χ0n) is 13.3. The highest BCUT2D eigenvalue weighted by atomic mass is 32.2. The van der Waals surface area contributed by atoms with Gasteiger partial charge in [-0.25, -0.2) is 8.42 Å². The number of benzene rings is 2. The predicted octanol–water partition coefficient (Wildman–Crippen LogP) is 2.32. The maximum atomic E-state index is 11.8. The maximum absolute atomic E-state index is 11.8. The first-order valence-corrected chi connectivity index (χ1v) is 9.01. The van der Waals surface area contributed by atoms with Crippen molar-refractivity contribution in [3.63, 3.8) is 0 Å². The van der Waals surface area contributed by atoms with Crippen LogP contribution < -0.4 is 5.32 Å². The Bertz CT molecular complexity index is 848. The summed E-state index contributed by atoms with van der Waals surface area (Å²) in [6.45, 7) is 1.55. The van der Waals surface area contributed by atoms with Crippen LogP contribution in [-0.4, -0.2) is 31.2 Å². The number of para-hydroxylation sites is 1. The molecule has 0 aliphatic rings. The Morgan fingerprint density at radius 1 is 1.17 bits per heavy atom. The largest absolute Gasteiger partial charge is 0.384 e. The molecular weight excluding hydrogens is 332 g/mol. The van der Waals surface area contributed by atoms with Crippen LogP contribution in [0.3, 0.4) is 0 Å². The molecule has 2 rings (SSSR count). The standard InChI is InChI=1S/C16H18N2O5S/c1-16(19,12-7-4-3-5-8-12)11-17-13-9-6-10-14(24(2,22)23)15(13)18(20)21/h3-10,17,19H,11H2,1-2H3. The Hall–Kier alpha value is -2.45. The highest BCUT2D eigenvalue weighted by molar-refractivity contribution is 7.90. The minimum absolute atomic E-state index is 0.0227. The SMILES string of the molecule is CC(O)(CNc1cccc(S(C)(=O)=O)c1[N+](=O)[O-])c1ccccc1. The van der Waals surface area contributed by atoms with E-state index in [4.69, 9.17) is 0 Å². The van der Waals surface area contributed by atoms with E-state index in [1.165, 1.54) is 18.2 Å². The molecule has 7 nitrogen and oxygen atoms in total. The average Bonchev–Trinajstić information content (AvgIpc) is 2.52. The minimum atomic E-state index is -3.75. The molecular formula is C16H18N2O5S. The molecule has 0 saturated heterocycles. The van der Waals surface area contributed by atoms with Crippen LogP contribution in [-0.2, 0) is 15.4 Å². The normalized spacial score (nSPS) is 14.0. The number of nitro benzene ring substituents is 1. The lowest BCUT2D eigenvalue weighted by molar-refractivity contribution is -0.386. The molecule has 1 atom stereocenters. The van der Waals surface area contributed by atoms with Crippen LogP contribution in [0.25, 0.3) is 0 Å². The van der Waals surface area contributed by atoms with Gasteiger partial charge in [-0.1, -0.05) is 36.4 Å². The molecule has 0 spiro atoms. The van der Waals surface area contributed by atoms with Gasteiger partial charge in [0.15, 0.2) is 9.84 Å². The molecule has 1 unspecified atom stereocenters. The molecule has 0 aromatic heterocycles. The van der Waals surface area contributed by atoms with Crippen molar-refractivity contribution in [1.82, 2.24) is 0 Å². The van der Waals surface area contributed by atoms with Crippen molar-refractivity contribution < 1.29 is 18.4 Å². The first kappa shape index (κ1) is 17.9. The number of sulfone groups is 1. The van der Waals surface area contributed by atoms with E-state index in [9.17, 15) is 23.6 Å². The molecule has 2 N–H and O–H groups in total. The van der Waals surface area contributed by atoms with Gasteiger partial charge < -0.3 is 10.4 Å². The topological polar surface area (TPSA) is 110 Å². The second kappa shape index (κ2) is 6.58. The molecule has 0 saturated carbocycles. The van der Waals surface area contributed by atoms with E-state index in [1.54, 1.807) is 31.2 Å². The molecule has 0 heterocycles. The third kappa shape index (κ3) is 3.90. The summed E-state index contributed by atoms with van der Waals surface area (Å²) in [6, 6.07) is 12.9. The zero-order valence-corrected chi connectivity index (χ0v) is 14.1. The van der Waals surface area contributed by atoms with E-state index in [2.05, 4.69) is 5.32 Å². The van der Waals surface area contributed by atoms with Gasteiger partial charge in [0.05, 0.1) is 4.92 Å². The molecule has 0 bridgehead atoms. The fourth-order valence-electron chi connectivity index (χ4n) is 2.32. The van der Waals surface area contributed by atoms with Gasteiger partial charge in [-0.3, -0.25) is 10.1 Å². The monoisotopic (exact) mass is 350 g/mol. The van der Waals surface area contributed by atoms with Crippen molar-refractivity contribution in [2.45, 2.75) is 17.4 Å². The van der Waals surface area contributed by atoms with E-state index in [0.717, 1.165) is 6.26 Å². The summed E-state index contributed by atoms with van der Waals surface area (Å²) in [5.41, 5.74) is -1.13. The lowest BCUT2D eigenvalue weighted by Crippen LogP contribution is -2.30. The number of nitrogens with zero attached hydrogens (tertiary/aromatic N) is 1. The van der Waals surface area contributed by atoms with Crippen molar-refractivity contribution in [2.75, 3.05) is 18.1 Å². The van der Waals surface area contributed by atoms with Crippen molar-refractivity contribution in [3.05, 3.63) is 64.2 Å². The number of aliphatic hydroxyl groups is 1. The second-order valence-electron chi connectivity index (χ2n) is 5.68. The third-order valence-electron chi connectivity index (χ3n) is 3.60. The van der Waals surface area contributed by atoms with Gasteiger partial charge in [-0.15, -0.1) is 0 Å². The average molecular weight is 350 g/mol. The molecule has 2 aromatic rings. The van der Waals surface area contributed by atoms with Gasteiger partial charge in [0.25, 0.3) is 0 Å². The summed E-state index contributed by atoms with van der Waals surface area (Å²) in [5, 5.41) is 24.7. The molecule has 128 valence electrons. The molecule has 0 radical (unpaired) electrons. The number of nitro groups is 1. The molecule has 0 aliphatic carbocycles. The maximum Gasteiger partial charge on any atom is 0.310 e. The molecule has 0 amide bonds. The zero-order chi connectivity index (χ0) is 18.0. The molecule has 0 aliphatic heterocycles. The van der Waals surface area contributed by atoms with Crippen molar-refractivity contribution in [2.24, 2.45) is 0 Å². The quantitative estimate of drug-likeness (QED) is 0.611. The number of rotatable bonds is 6. The lowest BCUT2D eigenvalue weighted by Gasteiger charge is -2.24. The smallest absolute Gasteiger partial charge is 0.310 e. The van der Waals surface area contributed by atoms with Crippen LogP contribution in [0.4, 0.5) is 11.4 Å². The Morgan fingerprint density at radius 3 is 2.33 bits per heavy atom. The van der Waals surface area contributed by atoms with Crippen molar-refractivity contribution in [3.8, 4) is 0 Å². The summed E-state index contributed by atoms with van der Waals surface area (Å²) < 4.78 is 23.5. The molecule has 8 heteroatoms. The van der Waals surface area contributed by atoms with Crippen LogP contribution >= 0.6 is 0 Å². The van der Waals surface area contributed by atoms with Gasteiger partial charge in [0, 0.05) is 12.8 Å². The van der Waals surface area contributed by atoms with Crippen LogP contribution in [0, 0.1) is 10.1 Å².